The molecule has 3 heteroatoms. The zero-order valence-corrected chi connectivity index (χ0v) is 10.2. The smallest absolute Gasteiger partial charge is 0.163 e. The van der Waals surface area contributed by atoms with Crippen molar-refractivity contribution < 1.29 is 9.18 Å². The molecule has 2 rings (SSSR count). The van der Waals surface area contributed by atoms with Gasteiger partial charge in [-0.15, -0.1) is 0 Å². The maximum atomic E-state index is 13.5. The van der Waals surface area contributed by atoms with E-state index in [9.17, 15) is 9.18 Å². The van der Waals surface area contributed by atoms with Crippen LogP contribution in [0.2, 0.25) is 5.02 Å². The molecule has 0 amide bonds. The molecule has 0 bridgehead atoms. The standard InChI is InChI=1S/C13H14ClFO/c1-7-3-4-9-10(14)6-11(15)8(2)13(9)12(16)5-7/h6-7H,3-5H2,1-2H3. The molecule has 1 aromatic rings. The number of hydrogen-bond donors (Lipinski definition) is 0. The van der Waals surface area contributed by atoms with E-state index in [2.05, 4.69) is 0 Å². The van der Waals surface area contributed by atoms with Gasteiger partial charge in [-0.3, -0.25) is 4.79 Å². The maximum Gasteiger partial charge on any atom is 0.163 e. The third kappa shape index (κ3) is 1.86. The van der Waals surface area contributed by atoms with Crippen LogP contribution in [0, 0.1) is 18.7 Å². The fourth-order valence-corrected chi connectivity index (χ4v) is 2.59. The number of benzene rings is 1. The Hall–Kier alpha value is -0.890. The third-order valence-corrected chi connectivity index (χ3v) is 3.61. The van der Waals surface area contributed by atoms with Crippen LogP contribution in [0.25, 0.3) is 0 Å². The summed E-state index contributed by atoms with van der Waals surface area (Å²) in [5, 5.41) is 0.389. The maximum absolute atomic E-state index is 13.5. The van der Waals surface area contributed by atoms with Crippen molar-refractivity contribution in [2.75, 3.05) is 0 Å². The zero-order valence-electron chi connectivity index (χ0n) is 9.44. The van der Waals surface area contributed by atoms with Crippen molar-refractivity contribution in [3.63, 3.8) is 0 Å². The first-order valence-corrected chi connectivity index (χ1v) is 5.89. The number of carbonyl (C=O) groups is 1. The highest BCUT2D eigenvalue weighted by atomic mass is 35.5. The second-order valence-electron chi connectivity index (χ2n) is 4.59. The molecule has 1 aromatic carbocycles. The monoisotopic (exact) mass is 240 g/mol. The predicted molar refractivity (Wildman–Crippen MR) is 62.6 cm³/mol. The molecule has 0 saturated carbocycles. The molecule has 0 spiro atoms. The number of ketones is 1. The number of carbonyl (C=O) groups excluding carboxylic acids is 1. The second kappa shape index (κ2) is 4.17. The molecule has 1 nitrogen and oxygen atoms in total. The van der Waals surface area contributed by atoms with Crippen molar-refractivity contribution in [1.82, 2.24) is 0 Å². The number of Topliss-reactive ketones (excluding diaryl/α,β-unsaturated/α-hetero) is 1. The normalized spacial score (nSPS) is 20.5. The van der Waals surface area contributed by atoms with Gasteiger partial charge in [-0.1, -0.05) is 18.5 Å². The molecule has 86 valence electrons. The first-order valence-electron chi connectivity index (χ1n) is 5.51. The quantitative estimate of drug-likeness (QED) is 0.628. The molecule has 0 aliphatic heterocycles. The molecule has 1 atom stereocenters. The molecular weight excluding hydrogens is 227 g/mol. The first-order chi connectivity index (χ1) is 7.50. The van der Waals surface area contributed by atoms with E-state index in [0.717, 1.165) is 18.4 Å². The Labute approximate surface area is 99.6 Å². The second-order valence-corrected chi connectivity index (χ2v) is 5.00. The van der Waals surface area contributed by atoms with Gasteiger partial charge in [0.15, 0.2) is 5.78 Å². The van der Waals surface area contributed by atoms with E-state index in [0.29, 0.717) is 28.5 Å². The molecule has 0 heterocycles. The zero-order chi connectivity index (χ0) is 11.9. The molecule has 1 unspecified atom stereocenters. The van der Waals surface area contributed by atoms with Gasteiger partial charge in [0.2, 0.25) is 0 Å². The molecule has 1 aliphatic rings. The minimum absolute atomic E-state index is 0.0268. The molecule has 0 fully saturated rings. The number of fused-ring (bicyclic) bond motifs is 1. The van der Waals surface area contributed by atoms with Gasteiger partial charge in [-0.2, -0.15) is 0 Å². The van der Waals surface area contributed by atoms with Crippen molar-refractivity contribution >= 4 is 17.4 Å². The molecule has 0 saturated heterocycles. The molecule has 1 aliphatic carbocycles. The van der Waals surface area contributed by atoms with Crippen molar-refractivity contribution in [3.8, 4) is 0 Å². The van der Waals surface area contributed by atoms with E-state index < -0.39 is 0 Å². The van der Waals surface area contributed by atoms with Gasteiger partial charge in [0, 0.05) is 17.0 Å². The van der Waals surface area contributed by atoms with Crippen molar-refractivity contribution in [3.05, 3.63) is 33.6 Å². The van der Waals surface area contributed by atoms with Crippen LogP contribution < -0.4 is 0 Å². The Morgan fingerprint density at radius 2 is 2.19 bits per heavy atom. The van der Waals surface area contributed by atoms with Gasteiger partial charge in [-0.25, -0.2) is 4.39 Å². The Morgan fingerprint density at radius 1 is 1.50 bits per heavy atom. The fraction of sp³-hybridized carbons (Fsp3) is 0.462. The minimum atomic E-state index is -0.383. The van der Waals surface area contributed by atoms with Crippen LogP contribution in [0.3, 0.4) is 0 Å². The molecule has 0 radical (unpaired) electrons. The Bertz CT molecular complexity index is 454. The summed E-state index contributed by atoms with van der Waals surface area (Å²) in [7, 11) is 0. The average Bonchev–Trinajstić information content (AvgIpc) is 2.34. The van der Waals surface area contributed by atoms with Crippen LogP contribution in [0.5, 0.6) is 0 Å². The first kappa shape index (κ1) is 11.6. The van der Waals surface area contributed by atoms with Crippen molar-refractivity contribution in [1.29, 1.82) is 0 Å². The summed E-state index contributed by atoms with van der Waals surface area (Å²) in [6, 6.07) is 1.32. The van der Waals surface area contributed by atoms with E-state index >= 15 is 0 Å². The summed E-state index contributed by atoms with van der Waals surface area (Å²) < 4.78 is 13.5. The summed E-state index contributed by atoms with van der Waals surface area (Å²) in [5.41, 5.74) is 1.79. The number of hydrogen-bond acceptors (Lipinski definition) is 1. The lowest BCUT2D eigenvalue weighted by atomic mass is 9.96. The predicted octanol–water partition coefficient (Wildman–Crippen LogP) is 3.94. The van der Waals surface area contributed by atoms with Crippen LogP contribution in [-0.2, 0) is 6.42 Å². The van der Waals surface area contributed by atoms with E-state index in [1.54, 1.807) is 6.92 Å². The highest BCUT2D eigenvalue weighted by molar-refractivity contribution is 6.32. The fourth-order valence-electron chi connectivity index (χ4n) is 2.30. The van der Waals surface area contributed by atoms with Crippen molar-refractivity contribution in [2.45, 2.75) is 33.1 Å². The Balaban J connectivity index is 2.64. The molecule has 0 N–H and O–H groups in total. The summed E-state index contributed by atoms with van der Waals surface area (Å²) in [6.45, 7) is 3.70. The Morgan fingerprint density at radius 3 is 2.88 bits per heavy atom. The number of rotatable bonds is 0. The largest absolute Gasteiger partial charge is 0.294 e. The highest BCUT2D eigenvalue weighted by Gasteiger charge is 2.25. The van der Waals surface area contributed by atoms with Gasteiger partial charge in [0.1, 0.15) is 5.82 Å². The summed E-state index contributed by atoms with van der Waals surface area (Å²) >= 11 is 6.01. The average molecular weight is 241 g/mol. The lowest BCUT2D eigenvalue weighted by molar-refractivity contribution is 0.0966. The Kier molecular flexibility index (Phi) is 3.02. The van der Waals surface area contributed by atoms with Gasteiger partial charge in [-0.05, 0) is 42.9 Å². The van der Waals surface area contributed by atoms with Crippen LogP contribution in [0.15, 0.2) is 6.07 Å². The number of halogens is 2. The SMILES string of the molecule is Cc1c(F)cc(Cl)c2c1C(=O)CC(C)CC2. The van der Waals surface area contributed by atoms with Crippen LogP contribution in [0.1, 0.15) is 41.3 Å². The van der Waals surface area contributed by atoms with Crippen LogP contribution in [-0.4, -0.2) is 5.78 Å². The van der Waals surface area contributed by atoms with E-state index in [1.165, 1.54) is 6.07 Å². The van der Waals surface area contributed by atoms with Crippen LogP contribution >= 0.6 is 11.6 Å². The molecule has 0 aromatic heterocycles. The van der Waals surface area contributed by atoms with E-state index in [-0.39, 0.29) is 11.6 Å². The summed E-state index contributed by atoms with van der Waals surface area (Å²) in [5.74, 6) is -0.0102. The summed E-state index contributed by atoms with van der Waals surface area (Å²) in [4.78, 5) is 12.0. The van der Waals surface area contributed by atoms with Crippen molar-refractivity contribution in [2.24, 2.45) is 5.92 Å². The molecular formula is C13H14ClFO. The molecule has 16 heavy (non-hydrogen) atoms. The van der Waals surface area contributed by atoms with Crippen LogP contribution in [0.4, 0.5) is 4.39 Å². The third-order valence-electron chi connectivity index (χ3n) is 3.28. The van der Waals surface area contributed by atoms with Gasteiger partial charge >= 0.3 is 0 Å². The van der Waals surface area contributed by atoms with Gasteiger partial charge in [0.05, 0.1) is 0 Å². The van der Waals surface area contributed by atoms with E-state index in [4.69, 9.17) is 11.6 Å². The van der Waals surface area contributed by atoms with Gasteiger partial charge < -0.3 is 0 Å². The lowest BCUT2D eigenvalue weighted by Gasteiger charge is -2.11. The summed E-state index contributed by atoms with van der Waals surface area (Å²) in [6.07, 6.45) is 2.19. The lowest BCUT2D eigenvalue weighted by Crippen LogP contribution is -2.07. The topological polar surface area (TPSA) is 17.1 Å². The highest BCUT2D eigenvalue weighted by Crippen LogP contribution is 2.32. The van der Waals surface area contributed by atoms with E-state index in [1.807, 2.05) is 6.92 Å². The minimum Gasteiger partial charge on any atom is -0.294 e. The van der Waals surface area contributed by atoms with Gasteiger partial charge in [0.25, 0.3) is 0 Å².